The molecule has 0 aliphatic carbocycles. The average molecular weight is 285 g/mol. The number of β-amino-alcohol motifs (C(OH)–C–C–N with tert-alkyl or cyclic N) is 1. The van der Waals surface area contributed by atoms with E-state index in [1.165, 1.54) is 0 Å². The Morgan fingerprint density at radius 3 is 2.25 bits per heavy atom. The van der Waals surface area contributed by atoms with Gasteiger partial charge in [0.1, 0.15) is 0 Å². The number of rotatable bonds is 8. The fraction of sp³-hybridized carbons (Fsp3) is 0.933. The maximum absolute atomic E-state index is 12.3. The predicted octanol–water partition coefficient (Wildman–Crippen LogP) is 0.635. The van der Waals surface area contributed by atoms with Gasteiger partial charge in [0.2, 0.25) is 5.91 Å². The number of hydrogen-bond acceptors (Lipinski definition) is 4. The number of nitrogens with zero attached hydrogens (tertiary/aromatic N) is 3. The quantitative estimate of drug-likeness (QED) is 0.711. The first-order valence-electron chi connectivity index (χ1n) is 8.04. The maximum atomic E-state index is 12.3. The summed E-state index contributed by atoms with van der Waals surface area (Å²) in [5.74, 6) is 0.268. The Kier molecular flexibility index (Phi) is 8.82. The van der Waals surface area contributed by atoms with Crippen molar-refractivity contribution in [3.8, 4) is 0 Å². The van der Waals surface area contributed by atoms with Gasteiger partial charge in [0, 0.05) is 32.7 Å². The molecule has 1 rings (SSSR count). The number of carbonyl (C=O) groups excluding carboxylic acids is 1. The first-order chi connectivity index (χ1) is 9.71. The normalized spacial score (nSPS) is 17.9. The lowest BCUT2D eigenvalue weighted by Gasteiger charge is -2.26. The molecule has 0 aromatic heterocycles. The molecule has 1 aliphatic rings. The fourth-order valence-corrected chi connectivity index (χ4v) is 2.74. The lowest BCUT2D eigenvalue weighted by molar-refractivity contribution is -0.132. The molecule has 1 amide bonds. The molecular weight excluding hydrogens is 254 g/mol. The minimum atomic E-state index is 0.222. The van der Waals surface area contributed by atoms with Crippen molar-refractivity contribution in [2.45, 2.75) is 33.1 Å². The molecule has 0 aromatic carbocycles. The molecule has 118 valence electrons. The van der Waals surface area contributed by atoms with Crippen LogP contribution in [0.25, 0.3) is 0 Å². The van der Waals surface area contributed by atoms with E-state index in [1.54, 1.807) is 0 Å². The minimum Gasteiger partial charge on any atom is -0.395 e. The standard InChI is InChI=1S/C15H31N3O2/c1-3-6-18(7-4-2)15(20)14-17-9-5-8-16(10-11-17)12-13-19/h19H,3-14H2,1-2H3. The lowest BCUT2D eigenvalue weighted by Crippen LogP contribution is -2.42. The Labute approximate surface area is 123 Å². The van der Waals surface area contributed by atoms with E-state index in [9.17, 15) is 4.79 Å². The molecule has 0 unspecified atom stereocenters. The highest BCUT2D eigenvalue weighted by molar-refractivity contribution is 5.78. The summed E-state index contributed by atoms with van der Waals surface area (Å²) >= 11 is 0. The summed E-state index contributed by atoms with van der Waals surface area (Å²) < 4.78 is 0. The molecule has 0 bridgehead atoms. The van der Waals surface area contributed by atoms with E-state index in [-0.39, 0.29) is 12.5 Å². The largest absolute Gasteiger partial charge is 0.395 e. The van der Waals surface area contributed by atoms with Gasteiger partial charge in [-0.2, -0.15) is 0 Å². The van der Waals surface area contributed by atoms with Crippen LogP contribution in [0.15, 0.2) is 0 Å². The lowest BCUT2D eigenvalue weighted by atomic mass is 10.3. The van der Waals surface area contributed by atoms with Crippen molar-refractivity contribution < 1.29 is 9.90 Å². The van der Waals surface area contributed by atoms with Gasteiger partial charge in [-0.25, -0.2) is 0 Å². The Morgan fingerprint density at radius 2 is 1.65 bits per heavy atom. The van der Waals surface area contributed by atoms with Gasteiger partial charge in [-0.3, -0.25) is 14.6 Å². The highest BCUT2D eigenvalue weighted by Crippen LogP contribution is 2.04. The number of hydrogen-bond donors (Lipinski definition) is 1. The Bertz CT molecular complexity index is 268. The molecule has 0 aromatic rings. The summed E-state index contributed by atoms with van der Waals surface area (Å²) in [6.45, 7) is 11.4. The van der Waals surface area contributed by atoms with Crippen molar-refractivity contribution in [3.05, 3.63) is 0 Å². The van der Waals surface area contributed by atoms with Crippen LogP contribution in [0.3, 0.4) is 0 Å². The second kappa shape index (κ2) is 10.1. The van der Waals surface area contributed by atoms with Crippen molar-refractivity contribution >= 4 is 5.91 Å². The Balaban J connectivity index is 2.40. The molecule has 0 atom stereocenters. The van der Waals surface area contributed by atoms with E-state index in [0.29, 0.717) is 6.54 Å². The molecule has 0 radical (unpaired) electrons. The van der Waals surface area contributed by atoms with Crippen LogP contribution in [0.2, 0.25) is 0 Å². The summed E-state index contributed by atoms with van der Waals surface area (Å²) in [5, 5.41) is 9.00. The second-order valence-electron chi connectivity index (χ2n) is 5.58. The molecule has 20 heavy (non-hydrogen) atoms. The van der Waals surface area contributed by atoms with Crippen LogP contribution in [0.1, 0.15) is 33.1 Å². The minimum absolute atomic E-state index is 0.222. The average Bonchev–Trinajstić information content (AvgIpc) is 2.65. The number of carbonyl (C=O) groups is 1. The smallest absolute Gasteiger partial charge is 0.236 e. The van der Waals surface area contributed by atoms with E-state index < -0.39 is 0 Å². The summed E-state index contributed by atoms with van der Waals surface area (Å²) in [6.07, 6.45) is 3.13. The van der Waals surface area contributed by atoms with E-state index in [2.05, 4.69) is 23.6 Å². The van der Waals surface area contributed by atoms with E-state index >= 15 is 0 Å². The van der Waals surface area contributed by atoms with Crippen LogP contribution in [-0.2, 0) is 4.79 Å². The third kappa shape index (κ3) is 6.20. The Hall–Kier alpha value is -0.650. The molecule has 1 aliphatic heterocycles. The second-order valence-corrected chi connectivity index (χ2v) is 5.58. The molecule has 1 heterocycles. The van der Waals surface area contributed by atoms with Crippen molar-refractivity contribution in [3.63, 3.8) is 0 Å². The van der Waals surface area contributed by atoms with Crippen molar-refractivity contribution in [1.82, 2.24) is 14.7 Å². The summed E-state index contributed by atoms with van der Waals surface area (Å²) in [4.78, 5) is 18.9. The third-order valence-electron chi connectivity index (χ3n) is 3.80. The van der Waals surface area contributed by atoms with Gasteiger partial charge in [0.15, 0.2) is 0 Å². The molecule has 1 saturated heterocycles. The molecule has 1 N–H and O–H groups in total. The van der Waals surface area contributed by atoms with E-state index in [4.69, 9.17) is 5.11 Å². The zero-order chi connectivity index (χ0) is 14.8. The molecule has 5 nitrogen and oxygen atoms in total. The first-order valence-corrected chi connectivity index (χ1v) is 8.04. The summed E-state index contributed by atoms with van der Waals surface area (Å²) in [7, 11) is 0. The van der Waals surface area contributed by atoms with Gasteiger partial charge >= 0.3 is 0 Å². The number of aliphatic hydroxyl groups is 1. The first kappa shape index (κ1) is 17.4. The van der Waals surface area contributed by atoms with Gasteiger partial charge in [-0.1, -0.05) is 13.8 Å². The van der Waals surface area contributed by atoms with Gasteiger partial charge in [-0.15, -0.1) is 0 Å². The SMILES string of the molecule is CCCN(CCC)C(=O)CN1CCCN(CCO)CC1. The molecular formula is C15H31N3O2. The molecule has 0 spiro atoms. The van der Waals surface area contributed by atoms with Crippen LogP contribution in [-0.4, -0.2) is 84.7 Å². The van der Waals surface area contributed by atoms with Gasteiger partial charge < -0.3 is 10.0 Å². The van der Waals surface area contributed by atoms with Gasteiger partial charge in [-0.05, 0) is 32.4 Å². The van der Waals surface area contributed by atoms with Crippen molar-refractivity contribution in [1.29, 1.82) is 0 Å². The van der Waals surface area contributed by atoms with Crippen LogP contribution >= 0.6 is 0 Å². The zero-order valence-corrected chi connectivity index (χ0v) is 13.2. The summed E-state index contributed by atoms with van der Waals surface area (Å²) in [6, 6.07) is 0. The summed E-state index contributed by atoms with van der Waals surface area (Å²) in [5.41, 5.74) is 0. The number of amides is 1. The highest BCUT2D eigenvalue weighted by atomic mass is 16.3. The predicted molar refractivity (Wildman–Crippen MR) is 81.7 cm³/mol. The monoisotopic (exact) mass is 285 g/mol. The molecule has 1 fully saturated rings. The van der Waals surface area contributed by atoms with E-state index in [0.717, 1.165) is 65.1 Å². The Morgan fingerprint density at radius 1 is 1.05 bits per heavy atom. The van der Waals surface area contributed by atoms with Gasteiger partial charge in [0.05, 0.1) is 13.2 Å². The molecule has 5 heteroatoms. The molecule has 0 saturated carbocycles. The van der Waals surface area contributed by atoms with Crippen LogP contribution in [0.4, 0.5) is 0 Å². The van der Waals surface area contributed by atoms with Crippen molar-refractivity contribution in [2.75, 3.05) is 59.0 Å². The topological polar surface area (TPSA) is 47.0 Å². The van der Waals surface area contributed by atoms with Gasteiger partial charge in [0.25, 0.3) is 0 Å². The highest BCUT2D eigenvalue weighted by Gasteiger charge is 2.19. The van der Waals surface area contributed by atoms with Crippen LogP contribution in [0.5, 0.6) is 0 Å². The fourth-order valence-electron chi connectivity index (χ4n) is 2.74. The third-order valence-corrected chi connectivity index (χ3v) is 3.80. The number of aliphatic hydroxyl groups excluding tert-OH is 1. The van der Waals surface area contributed by atoms with Crippen LogP contribution in [0, 0.1) is 0 Å². The van der Waals surface area contributed by atoms with Crippen molar-refractivity contribution in [2.24, 2.45) is 0 Å². The van der Waals surface area contributed by atoms with Crippen LogP contribution < -0.4 is 0 Å². The van der Waals surface area contributed by atoms with E-state index in [1.807, 2.05) is 4.90 Å². The zero-order valence-electron chi connectivity index (χ0n) is 13.2. The maximum Gasteiger partial charge on any atom is 0.236 e.